The number of benzene rings is 2. The van der Waals surface area contributed by atoms with Crippen molar-refractivity contribution in [2.75, 3.05) is 11.1 Å². The van der Waals surface area contributed by atoms with Gasteiger partial charge < -0.3 is 11.1 Å². The normalized spacial score (nSPS) is 10.3. The van der Waals surface area contributed by atoms with E-state index in [-0.39, 0.29) is 10.9 Å². The van der Waals surface area contributed by atoms with Crippen molar-refractivity contribution in [1.29, 1.82) is 0 Å². The highest BCUT2D eigenvalue weighted by atomic mass is 79.9. The van der Waals surface area contributed by atoms with E-state index in [1.165, 1.54) is 0 Å². The number of carbonyl (C=O) groups excluding carboxylic acids is 1. The number of anilines is 2. The van der Waals surface area contributed by atoms with Crippen molar-refractivity contribution in [3.05, 3.63) is 56.5 Å². The Bertz CT molecular complexity index is 647. The zero-order chi connectivity index (χ0) is 14.0. The smallest absolute Gasteiger partial charge is 0.257 e. The molecule has 0 aliphatic rings. The lowest BCUT2D eigenvalue weighted by Crippen LogP contribution is -2.13. The van der Waals surface area contributed by atoms with Crippen LogP contribution in [0.3, 0.4) is 0 Å². The molecule has 6 heteroatoms. The van der Waals surface area contributed by atoms with Gasteiger partial charge in [-0.3, -0.25) is 4.79 Å². The molecule has 0 bridgehead atoms. The number of carbonyl (C=O) groups is 1. The third kappa shape index (κ3) is 3.21. The molecule has 2 rings (SSSR count). The predicted molar refractivity (Wildman–Crippen MR) is 83.0 cm³/mol. The first-order chi connectivity index (χ1) is 8.99. The lowest BCUT2D eigenvalue weighted by atomic mass is 10.2. The minimum atomic E-state index is -0.360. The molecule has 0 spiro atoms. The second-order valence-electron chi connectivity index (χ2n) is 3.79. The zero-order valence-corrected chi connectivity index (χ0v) is 12.7. The van der Waals surface area contributed by atoms with Crippen LogP contribution in [0.4, 0.5) is 11.4 Å². The fourth-order valence-corrected chi connectivity index (χ4v) is 2.44. The maximum atomic E-state index is 12.1. The average Bonchev–Trinajstić information content (AvgIpc) is 2.36. The quantitative estimate of drug-likeness (QED) is 0.770. The molecule has 1 amide bonds. The van der Waals surface area contributed by atoms with Crippen molar-refractivity contribution in [2.24, 2.45) is 0 Å². The van der Waals surface area contributed by atoms with Gasteiger partial charge in [0.15, 0.2) is 0 Å². The second-order valence-corrected chi connectivity index (χ2v) is 5.49. The summed E-state index contributed by atoms with van der Waals surface area (Å²) in [4.78, 5) is 12.1. The summed E-state index contributed by atoms with van der Waals surface area (Å²) in [5.74, 6) is -0.360. The van der Waals surface area contributed by atoms with Crippen LogP contribution in [-0.4, -0.2) is 5.91 Å². The highest BCUT2D eigenvalue weighted by molar-refractivity contribution is 9.10. The third-order valence-electron chi connectivity index (χ3n) is 2.45. The number of nitrogens with two attached hydrogens (primary N) is 1. The number of hydrogen-bond acceptors (Lipinski definition) is 2. The van der Waals surface area contributed by atoms with E-state index in [1.54, 1.807) is 36.4 Å². The van der Waals surface area contributed by atoms with Crippen LogP contribution in [0, 0.1) is 0 Å². The summed E-state index contributed by atoms with van der Waals surface area (Å²) in [7, 11) is 0. The van der Waals surface area contributed by atoms with Crippen LogP contribution in [-0.2, 0) is 0 Å². The van der Waals surface area contributed by atoms with Gasteiger partial charge >= 0.3 is 0 Å². The van der Waals surface area contributed by atoms with Gasteiger partial charge in [-0.2, -0.15) is 0 Å². The molecular formula is C13H9BrCl2N2O. The molecule has 0 fully saturated rings. The maximum Gasteiger partial charge on any atom is 0.257 e. The highest BCUT2D eigenvalue weighted by Crippen LogP contribution is 2.28. The summed E-state index contributed by atoms with van der Waals surface area (Å²) in [6, 6.07) is 10.1. The fourth-order valence-electron chi connectivity index (χ4n) is 1.51. The Morgan fingerprint density at radius 1 is 1.21 bits per heavy atom. The molecule has 19 heavy (non-hydrogen) atoms. The van der Waals surface area contributed by atoms with Gasteiger partial charge in [-0.15, -0.1) is 0 Å². The first-order valence-corrected chi connectivity index (χ1v) is 6.84. The summed E-state index contributed by atoms with van der Waals surface area (Å²) in [6.07, 6.45) is 0. The standard InChI is InChI=1S/C13H9BrCl2N2O/c14-7-4-5-11(9(15)6-7)18-13(19)8-2-1-3-10(17)12(8)16/h1-6H,17H2,(H,18,19). The Labute approximate surface area is 128 Å². The van der Waals surface area contributed by atoms with Crippen molar-refractivity contribution in [3.63, 3.8) is 0 Å². The molecule has 0 aromatic heterocycles. The van der Waals surface area contributed by atoms with Crippen molar-refractivity contribution in [2.45, 2.75) is 0 Å². The molecule has 2 aromatic rings. The third-order valence-corrected chi connectivity index (χ3v) is 3.68. The highest BCUT2D eigenvalue weighted by Gasteiger charge is 2.13. The molecule has 0 radical (unpaired) electrons. The molecule has 3 N–H and O–H groups in total. The van der Waals surface area contributed by atoms with Gasteiger partial charge in [0, 0.05) is 4.47 Å². The van der Waals surface area contributed by atoms with Crippen LogP contribution in [0.1, 0.15) is 10.4 Å². The molecule has 0 unspecified atom stereocenters. The molecule has 0 aliphatic heterocycles. The number of amides is 1. The Hall–Kier alpha value is -1.23. The Morgan fingerprint density at radius 3 is 2.63 bits per heavy atom. The van der Waals surface area contributed by atoms with Gasteiger partial charge in [0.1, 0.15) is 0 Å². The molecule has 0 heterocycles. The number of hydrogen-bond donors (Lipinski definition) is 2. The summed E-state index contributed by atoms with van der Waals surface area (Å²) < 4.78 is 0.831. The van der Waals surface area contributed by atoms with Gasteiger partial charge in [0.2, 0.25) is 0 Å². The summed E-state index contributed by atoms with van der Waals surface area (Å²) >= 11 is 15.3. The Kier molecular flexibility index (Phi) is 4.34. The molecule has 0 atom stereocenters. The van der Waals surface area contributed by atoms with E-state index in [0.717, 1.165) is 4.47 Å². The van der Waals surface area contributed by atoms with Crippen LogP contribution in [0.2, 0.25) is 10.0 Å². The average molecular weight is 360 g/mol. The first kappa shape index (κ1) is 14.2. The Morgan fingerprint density at radius 2 is 1.95 bits per heavy atom. The number of halogens is 3. The largest absolute Gasteiger partial charge is 0.398 e. The first-order valence-electron chi connectivity index (χ1n) is 5.29. The van der Waals surface area contributed by atoms with E-state index in [0.29, 0.717) is 22.0 Å². The van der Waals surface area contributed by atoms with Crippen LogP contribution in [0.15, 0.2) is 40.9 Å². The van der Waals surface area contributed by atoms with Crippen molar-refractivity contribution >= 4 is 56.4 Å². The predicted octanol–water partition coefficient (Wildman–Crippen LogP) is 4.59. The Balaban J connectivity index is 2.28. The number of nitrogens with one attached hydrogen (secondary N) is 1. The van der Waals surface area contributed by atoms with Crippen LogP contribution >= 0.6 is 39.1 Å². The van der Waals surface area contributed by atoms with E-state index >= 15 is 0 Å². The lowest BCUT2D eigenvalue weighted by molar-refractivity contribution is 0.102. The van der Waals surface area contributed by atoms with Crippen LogP contribution < -0.4 is 11.1 Å². The van der Waals surface area contributed by atoms with Crippen LogP contribution in [0.5, 0.6) is 0 Å². The minimum Gasteiger partial charge on any atom is -0.398 e. The van der Waals surface area contributed by atoms with E-state index in [2.05, 4.69) is 21.2 Å². The molecule has 0 saturated heterocycles. The maximum absolute atomic E-state index is 12.1. The zero-order valence-electron chi connectivity index (χ0n) is 9.58. The fraction of sp³-hybridized carbons (Fsp3) is 0. The van der Waals surface area contributed by atoms with Gasteiger partial charge in [0.05, 0.1) is 27.0 Å². The topological polar surface area (TPSA) is 55.1 Å². The molecule has 3 nitrogen and oxygen atoms in total. The molecule has 0 aliphatic carbocycles. The molecule has 2 aromatic carbocycles. The van der Waals surface area contributed by atoms with Gasteiger partial charge in [-0.05, 0) is 30.3 Å². The van der Waals surface area contributed by atoms with E-state index in [9.17, 15) is 4.79 Å². The second kappa shape index (κ2) is 5.82. The van der Waals surface area contributed by atoms with Crippen molar-refractivity contribution in [3.8, 4) is 0 Å². The summed E-state index contributed by atoms with van der Waals surface area (Å²) in [5.41, 5.74) is 6.83. The van der Waals surface area contributed by atoms with Gasteiger partial charge in [-0.1, -0.05) is 45.2 Å². The molecular weight excluding hydrogens is 351 g/mol. The summed E-state index contributed by atoms with van der Waals surface area (Å²) in [6.45, 7) is 0. The van der Waals surface area contributed by atoms with E-state index in [1.807, 2.05) is 0 Å². The van der Waals surface area contributed by atoms with E-state index in [4.69, 9.17) is 28.9 Å². The molecule has 98 valence electrons. The van der Waals surface area contributed by atoms with Crippen molar-refractivity contribution in [1.82, 2.24) is 0 Å². The lowest BCUT2D eigenvalue weighted by Gasteiger charge is -2.09. The van der Waals surface area contributed by atoms with Gasteiger partial charge in [0.25, 0.3) is 5.91 Å². The van der Waals surface area contributed by atoms with Gasteiger partial charge in [-0.25, -0.2) is 0 Å². The van der Waals surface area contributed by atoms with E-state index < -0.39 is 0 Å². The van der Waals surface area contributed by atoms with Crippen LogP contribution in [0.25, 0.3) is 0 Å². The monoisotopic (exact) mass is 358 g/mol. The summed E-state index contributed by atoms with van der Waals surface area (Å²) in [5, 5.41) is 3.35. The number of rotatable bonds is 2. The van der Waals surface area contributed by atoms with Crippen molar-refractivity contribution < 1.29 is 4.79 Å². The number of nitrogen functional groups attached to an aromatic ring is 1. The molecule has 0 saturated carbocycles. The SMILES string of the molecule is Nc1cccc(C(=O)Nc2ccc(Br)cc2Cl)c1Cl. The minimum absolute atomic E-state index is 0.230.